The van der Waals surface area contributed by atoms with E-state index in [2.05, 4.69) is 14.9 Å². The number of fused-ring (bicyclic) bond motifs is 1. The van der Waals surface area contributed by atoms with Gasteiger partial charge in [0.2, 0.25) is 6.79 Å². The lowest BCUT2D eigenvalue weighted by Gasteiger charge is -2.36. The van der Waals surface area contributed by atoms with Gasteiger partial charge in [0.1, 0.15) is 0 Å². The molecule has 6 rings (SSSR count). The van der Waals surface area contributed by atoms with Crippen molar-refractivity contribution in [1.82, 2.24) is 14.9 Å². The Morgan fingerprint density at radius 2 is 1.67 bits per heavy atom. The van der Waals surface area contributed by atoms with Gasteiger partial charge in [-0.05, 0) is 54.6 Å². The van der Waals surface area contributed by atoms with Crippen LogP contribution in [0.4, 0.5) is 11.4 Å². The lowest BCUT2D eigenvalue weighted by atomic mass is 10.1. The van der Waals surface area contributed by atoms with Crippen molar-refractivity contribution in [2.24, 2.45) is 0 Å². The molecule has 1 amide bonds. The number of nitrogens with zero attached hydrogens (tertiary/aromatic N) is 4. The van der Waals surface area contributed by atoms with Gasteiger partial charge in [-0.1, -0.05) is 18.2 Å². The van der Waals surface area contributed by atoms with Crippen LogP contribution in [-0.2, 0) is 16.6 Å². The van der Waals surface area contributed by atoms with Crippen LogP contribution in [0, 0.1) is 0 Å². The molecule has 3 aromatic carbocycles. The molecule has 1 N–H and O–H groups in total. The van der Waals surface area contributed by atoms with Crippen molar-refractivity contribution in [2.75, 3.05) is 42.2 Å². The summed E-state index contributed by atoms with van der Waals surface area (Å²) in [5, 5.41) is 0. The quantitative estimate of drug-likeness (QED) is 0.379. The van der Waals surface area contributed by atoms with Gasteiger partial charge in [0.25, 0.3) is 15.9 Å². The summed E-state index contributed by atoms with van der Waals surface area (Å²) in [6.45, 7) is 2.76. The topological polar surface area (TPSA) is 108 Å². The van der Waals surface area contributed by atoms with E-state index in [0.717, 1.165) is 5.69 Å². The van der Waals surface area contributed by atoms with Crippen LogP contribution in [0.15, 0.2) is 90.2 Å². The SMILES string of the molecule is O=C(c1ccc2c(c1)OCO2)N1CCN(c2ccc(N(Cc3cnc[nH]3)S(=O)(=O)c3ccccc3)cc2)CC1. The summed E-state index contributed by atoms with van der Waals surface area (Å²) in [4.78, 5) is 24.3. The summed E-state index contributed by atoms with van der Waals surface area (Å²) in [7, 11) is -3.80. The van der Waals surface area contributed by atoms with Crippen molar-refractivity contribution < 1.29 is 22.7 Å². The Morgan fingerprint density at radius 1 is 0.923 bits per heavy atom. The second-order valence-corrected chi connectivity index (χ2v) is 11.1. The molecule has 11 heteroatoms. The zero-order chi connectivity index (χ0) is 26.8. The smallest absolute Gasteiger partial charge is 0.264 e. The first-order valence-electron chi connectivity index (χ1n) is 12.6. The minimum absolute atomic E-state index is 0.0381. The number of benzene rings is 3. The van der Waals surface area contributed by atoms with Gasteiger partial charge in [0, 0.05) is 43.6 Å². The normalized spacial score (nSPS) is 14.9. The minimum Gasteiger partial charge on any atom is -0.454 e. The molecule has 0 atom stereocenters. The van der Waals surface area contributed by atoms with Crippen LogP contribution >= 0.6 is 0 Å². The molecule has 4 aromatic rings. The van der Waals surface area contributed by atoms with Crippen LogP contribution in [0.25, 0.3) is 0 Å². The molecular formula is C28H27N5O5S. The van der Waals surface area contributed by atoms with Crippen molar-refractivity contribution in [1.29, 1.82) is 0 Å². The van der Waals surface area contributed by atoms with Crippen LogP contribution in [0.5, 0.6) is 11.5 Å². The maximum absolute atomic E-state index is 13.6. The predicted molar refractivity (Wildman–Crippen MR) is 146 cm³/mol. The van der Waals surface area contributed by atoms with Gasteiger partial charge in [-0.25, -0.2) is 13.4 Å². The molecule has 0 saturated carbocycles. The molecule has 0 radical (unpaired) electrons. The number of carbonyl (C=O) groups is 1. The molecule has 10 nitrogen and oxygen atoms in total. The number of amides is 1. The van der Waals surface area contributed by atoms with Gasteiger partial charge < -0.3 is 24.3 Å². The number of carbonyl (C=O) groups excluding carboxylic acids is 1. The summed E-state index contributed by atoms with van der Waals surface area (Å²) in [5.74, 6) is 1.21. The molecular weight excluding hydrogens is 518 g/mol. The molecule has 2 aliphatic rings. The third kappa shape index (κ3) is 5.00. The van der Waals surface area contributed by atoms with Gasteiger partial charge in [0.15, 0.2) is 11.5 Å². The summed E-state index contributed by atoms with van der Waals surface area (Å²) < 4.78 is 39.2. The van der Waals surface area contributed by atoms with E-state index in [1.165, 1.54) is 10.6 Å². The molecule has 0 spiro atoms. The minimum atomic E-state index is -3.80. The Kier molecular flexibility index (Phi) is 6.57. The van der Waals surface area contributed by atoms with E-state index in [9.17, 15) is 13.2 Å². The number of piperazine rings is 1. The monoisotopic (exact) mass is 545 g/mol. The number of nitrogens with one attached hydrogen (secondary N) is 1. The first kappa shape index (κ1) is 24.8. The van der Waals surface area contributed by atoms with Crippen molar-refractivity contribution in [3.63, 3.8) is 0 Å². The van der Waals surface area contributed by atoms with E-state index >= 15 is 0 Å². The Bertz CT molecular complexity index is 1550. The molecule has 2 aliphatic heterocycles. The number of sulfonamides is 1. The van der Waals surface area contributed by atoms with E-state index < -0.39 is 10.0 Å². The number of hydrogen-bond donors (Lipinski definition) is 1. The Balaban J connectivity index is 1.16. The number of ether oxygens (including phenoxy) is 2. The third-order valence-corrected chi connectivity index (χ3v) is 8.68. The highest BCUT2D eigenvalue weighted by atomic mass is 32.2. The van der Waals surface area contributed by atoms with E-state index in [0.29, 0.717) is 54.6 Å². The molecule has 200 valence electrons. The fourth-order valence-electron chi connectivity index (χ4n) is 4.77. The van der Waals surface area contributed by atoms with E-state index in [1.54, 1.807) is 54.7 Å². The number of rotatable bonds is 7. The van der Waals surface area contributed by atoms with Crippen LogP contribution in [-0.4, -0.2) is 62.2 Å². The number of H-pyrrole nitrogens is 1. The van der Waals surface area contributed by atoms with Crippen LogP contribution in [0.2, 0.25) is 0 Å². The summed E-state index contributed by atoms with van der Waals surface area (Å²) >= 11 is 0. The van der Waals surface area contributed by atoms with Crippen molar-refractivity contribution in [2.45, 2.75) is 11.4 Å². The summed E-state index contributed by atoms with van der Waals surface area (Å²) in [6.07, 6.45) is 3.15. The van der Waals surface area contributed by atoms with Crippen molar-refractivity contribution in [3.05, 3.63) is 96.6 Å². The third-order valence-electron chi connectivity index (χ3n) is 6.89. The van der Waals surface area contributed by atoms with Gasteiger partial charge in [-0.15, -0.1) is 0 Å². The summed E-state index contributed by atoms with van der Waals surface area (Å²) in [5.41, 5.74) is 2.78. The fourth-order valence-corrected chi connectivity index (χ4v) is 6.23. The average Bonchev–Trinajstić information content (AvgIpc) is 3.68. The summed E-state index contributed by atoms with van der Waals surface area (Å²) in [6, 6.07) is 21.1. The number of anilines is 2. The van der Waals surface area contributed by atoms with Crippen molar-refractivity contribution in [3.8, 4) is 11.5 Å². The highest BCUT2D eigenvalue weighted by molar-refractivity contribution is 7.92. The molecule has 0 aliphatic carbocycles. The number of imidazole rings is 1. The highest BCUT2D eigenvalue weighted by Gasteiger charge is 2.27. The second kappa shape index (κ2) is 10.3. The highest BCUT2D eigenvalue weighted by Crippen LogP contribution is 2.33. The lowest BCUT2D eigenvalue weighted by molar-refractivity contribution is 0.0746. The van der Waals surface area contributed by atoms with E-state index in [-0.39, 0.29) is 24.1 Å². The second-order valence-electron chi connectivity index (χ2n) is 9.27. The first-order chi connectivity index (χ1) is 19.0. The molecule has 0 unspecified atom stereocenters. The molecule has 1 aromatic heterocycles. The predicted octanol–water partition coefficient (Wildman–Crippen LogP) is 3.50. The maximum Gasteiger partial charge on any atom is 0.264 e. The maximum atomic E-state index is 13.6. The van der Waals surface area contributed by atoms with Crippen LogP contribution in [0.3, 0.4) is 0 Å². The Labute approximate surface area is 226 Å². The molecule has 0 bridgehead atoms. The largest absolute Gasteiger partial charge is 0.454 e. The van der Waals surface area contributed by atoms with Gasteiger partial charge >= 0.3 is 0 Å². The van der Waals surface area contributed by atoms with E-state index in [1.807, 2.05) is 29.2 Å². The zero-order valence-electron chi connectivity index (χ0n) is 21.1. The molecule has 39 heavy (non-hydrogen) atoms. The molecule has 3 heterocycles. The van der Waals surface area contributed by atoms with Crippen molar-refractivity contribution >= 4 is 27.3 Å². The number of aromatic nitrogens is 2. The van der Waals surface area contributed by atoms with Crippen LogP contribution < -0.4 is 18.7 Å². The van der Waals surface area contributed by atoms with E-state index in [4.69, 9.17) is 9.47 Å². The van der Waals surface area contributed by atoms with Gasteiger partial charge in [-0.2, -0.15) is 0 Å². The molecule has 1 fully saturated rings. The first-order valence-corrected chi connectivity index (χ1v) is 14.0. The Morgan fingerprint density at radius 3 is 2.38 bits per heavy atom. The lowest BCUT2D eigenvalue weighted by Crippen LogP contribution is -2.48. The Hall–Kier alpha value is -4.51. The van der Waals surface area contributed by atoms with Gasteiger partial charge in [-0.3, -0.25) is 9.10 Å². The standard InChI is InChI=1S/C28H27N5O5S/c34-28(21-6-11-26-27(16-21)38-20-37-26)32-14-12-31(13-15-32)23-7-9-24(10-8-23)33(18-22-17-29-19-30-22)39(35,36)25-4-2-1-3-5-25/h1-11,16-17,19H,12-15,18,20H2,(H,29,30). The zero-order valence-corrected chi connectivity index (χ0v) is 21.9. The van der Waals surface area contributed by atoms with Gasteiger partial charge in [0.05, 0.1) is 29.1 Å². The average molecular weight is 546 g/mol. The number of hydrogen-bond acceptors (Lipinski definition) is 7. The number of aromatic amines is 1. The fraction of sp³-hybridized carbons (Fsp3) is 0.214. The molecule has 1 saturated heterocycles. The van der Waals surface area contributed by atoms with Crippen LogP contribution in [0.1, 0.15) is 16.1 Å².